The summed E-state index contributed by atoms with van der Waals surface area (Å²) >= 11 is 0. The predicted molar refractivity (Wildman–Crippen MR) is 106 cm³/mol. The van der Waals surface area contributed by atoms with Gasteiger partial charge in [-0.3, -0.25) is 14.2 Å². The third kappa shape index (κ3) is 3.82. The van der Waals surface area contributed by atoms with Crippen LogP contribution in [0.2, 0.25) is 0 Å². The van der Waals surface area contributed by atoms with E-state index in [9.17, 15) is 22.8 Å². The van der Waals surface area contributed by atoms with E-state index in [2.05, 4.69) is 4.98 Å². The Hall–Kier alpha value is -2.46. The van der Waals surface area contributed by atoms with E-state index in [1.54, 1.807) is 24.8 Å². The van der Waals surface area contributed by atoms with Gasteiger partial charge in [0.2, 0.25) is 11.6 Å². The zero-order chi connectivity index (χ0) is 22.6. The Morgan fingerprint density at radius 2 is 1.71 bits per heavy atom. The SMILES string of the molecule is Cc1cc2nc(C(F)(F)F)c(=O)n([C@H](C)C(=O)N3CCC4(CC3)OCCO4)c2cc1C. The van der Waals surface area contributed by atoms with Crippen LogP contribution in [0.3, 0.4) is 0 Å². The second kappa shape index (κ2) is 7.59. The van der Waals surface area contributed by atoms with Gasteiger partial charge in [-0.05, 0) is 44.0 Å². The van der Waals surface area contributed by atoms with E-state index < -0.39 is 35.2 Å². The molecule has 1 aromatic carbocycles. The van der Waals surface area contributed by atoms with Crippen LogP contribution in [0.5, 0.6) is 0 Å². The topological polar surface area (TPSA) is 73.7 Å². The molecule has 10 heteroatoms. The van der Waals surface area contributed by atoms with E-state index in [4.69, 9.17) is 9.47 Å². The van der Waals surface area contributed by atoms with Crippen molar-refractivity contribution in [3.8, 4) is 0 Å². The van der Waals surface area contributed by atoms with E-state index in [1.807, 2.05) is 0 Å². The molecular weight excluding hydrogens is 415 g/mol. The summed E-state index contributed by atoms with van der Waals surface area (Å²) in [5.74, 6) is -1.10. The average molecular weight is 439 g/mol. The highest BCUT2D eigenvalue weighted by molar-refractivity contribution is 5.84. The lowest BCUT2D eigenvalue weighted by Crippen LogP contribution is -2.49. The Labute approximate surface area is 176 Å². The number of nitrogens with zero attached hydrogens (tertiary/aromatic N) is 3. The molecule has 0 radical (unpaired) electrons. The summed E-state index contributed by atoms with van der Waals surface area (Å²) in [5.41, 5.74) is -1.07. The second-order valence-electron chi connectivity index (χ2n) is 8.17. The third-order valence-electron chi connectivity index (χ3n) is 6.17. The van der Waals surface area contributed by atoms with Gasteiger partial charge in [0, 0.05) is 25.9 Å². The fourth-order valence-electron chi connectivity index (χ4n) is 4.26. The summed E-state index contributed by atoms with van der Waals surface area (Å²) in [5, 5.41) is 0. The zero-order valence-corrected chi connectivity index (χ0v) is 17.6. The number of hydrogen-bond acceptors (Lipinski definition) is 5. The Balaban J connectivity index is 1.73. The number of piperidine rings is 1. The third-order valence-corrected chi connectivity index (χ3v) is 6.17. The van der Waals surface area contributed by atoms with E-state index in [0.29, 0.717) is 39.1 Å². The first-order valence-electron chi connectivity index (χ1n) is 10.2. The van der Waals surface area contributed by atoms with Gasteiger partial charge >= 0.3 is 6.18 Å². The molecular formula is C21H24F3N3O4. The van der Waals surface area contributed by atoms with Crippen LogP contribution >= 0.6 is 0 Å². The van der Waals surface area contributed by atoms with Crippen LogP contribution in [0.25, 0.3) is 11.0 Å². The number of benzene rings is 1. The van der Waals surface area contributed by atoms with Crippen LogP contribution in [-0.4, -0.2) is 52.4 Å². The fraction of sp³-hybridized carbons (Fsp3) is 0.571. The van der Waals surface area contributed by atoms with E-state index in [1.165, 1.54) is 13.0 Å². The summed E-state index contributed by atoms with van der Waals surface area (Å²) in [4.78, 5) is 31.2. The first-order chi connectivity index (χ1) is 14.5. The Bertz CT molecular complexity index is 1080. The number of rotatable bonds is 2. The molecule has 31 heavy (non-hydrogen) atoms. The number of amides is 1. The molecule has 2 fully saturated rings. The number of halogens is 3. The van der Waals surface area contributed by atoms with E-state index in [0.717, 1.165) is 15.7 Å². The molecule has 0 N–H and O–H groups in total. The summed E-state index contributed by atoms with van der Waals surface area (Å²) in [6.07, 6.45) is -3.98. The lowest BCUT2D eigenvalue weighted by atomic mass is 10.0. The molecule has 2 aliphatic heterocycles. The number of likely N-dealkylation sites (tertiary alicyclic amines) is 1. The van der Waals surface area contributed by atoms with Gasteiger partial charge in [0.05, 0.1) is 24.2 Å². The van der Waals surface area contributed by atoms with Crippen LogP contribution in [0.4, 0.5) is 13.2 Å². The van der Waals surface area contributed by atoms with Gasteiger partial charge in [0.15, 0.2) is 5.79 Å². The predicted octanol–water partition coefficient (Wildman–Crippen LogP) is 2.96. The maximum absolute atomic E-state index is 13.5. The minimum absolute atomic E-state index is 0.0278. The van der Waals surface area contributed by atoms with Crippen LogP contribution in [0, 0.1) is 13.8 Å². The number of aromatic nitrogens is 2. The van der Waals surface area contributed by atoms with Crippen LogP contribution in [0.1, 0.15) is 42.6 Å². The molecule has 0 unspecified atom stereocenters. The first kappa shape index (κ1) is 21.8. The number of alkyl halides is 3. The van der Waals surface area contributed by atoms with Crippen molar-refractivity contribution >= 4 is 16.9 Å². The molecule has 4 rings (SSSR count). The van der Waals surface area contributed by atoms with Crippen molar-refractivity contribution in [2.45, 2.75) is 51.6 Å². The maximum Gasteiger partial charge on any atom is 0.438 e. The molecule has 0 aliphatic carbocycles. The van der Waals surface area contributed by atoms with Gasteiger partial charge in [-0.15, -0.1) is 0 Å². The second-order valence-corrected chi connectivity index (χ2v) is 8.17. The van der Waals surface area contributed by atoms with E-state index in [-0.39, 0.29) is 11.0 Å². The fourth-order valence-corrected chi connectivity index (χ4v) is 4.26. The average Bonchev–Trinajstić information content (AvgIpc) is 3.15. The van der Waals surface area contributed by atoms with Gasteiger partial charge in [-0.1, -0.05) is 0 Å². The van der Waals surface area contributed by atoms with Gasteiger partial charge in [0.1, 0.15) is 6.04 Å². The van der Waals surface area contributed by atoms with Crippen LogP contribution < -0.4 is 5.56 Å². The highest BCUT2D eigenvalue weighted by Gasteiger charge is 2.42. The van der Waals surface area contributed by atoms with Gasteiger partial charge < -0.3 is 14.4 Å². The molecule has 7 nitrogen and oxygen atoms in total. The summed E-state index contributed by atoms with van der Waals surface area (Å²) in [7, 11) is 0. The van der Waals surface area contributed by atoms with Crippen molar-refractivity contribution in [2.24, 2.45) is 0 Å². The van der Waals surface area contributed by atoms with Crippen LogP contribution in [-0.2, 0) is 20.4 Å². The number of carbonyl (C=O) groups is 1. The Morgan fingerprint density at radius 3 is 2.29 bits per heavy atom. The number of fused-ring (bicyclic) bond motifs is 1. The summed E-state index contributed by atoms with van der Waals surface area (Å²) < 4.78 is 52.8. The summed E-state index contributed by atoms with van der Waals surface area (Å²) in [6.45, 7) is 6.68. The molecule has 0 saturated carbocycles. The number of hydrogen-bond donors (Lipinski definition) is 0. The quantitative estimate of drug-likeness (QED) is 0.720. The molecule has 0 bridgehead atoms. The van der Waals surface area contributed by atoms with Crippen molar-refractivity contribution < 1.29 is 27.4 Å². The monoisotopic (exact) mass is 439 g/mol. The molecule has 1 amide bonds. The largest absolute Gasteiger partial charge is 0.438 e. The number of carbonyl (C=O) groups excluding carboxylic acids is 1. The molecule has 3 heterocycles. The number of aryl methyl sites for hydroxylation is 2. The van der Waals surface area contributed by atoms with Crippen molar-refractivity contribution in [1.82, 2.24) is 14.5 Å². The van der Waals surface area contributed by atoms with E-state index >= 15 is 0 Å². The standard InChI is InChI=1S/C21H24F3N3O4/c1-12-10-15-16(11-13(12)2)27(19(29)17(25-15)21(22,23)24)14(3)18(28)26-6-4-20(5-7-26)30-8-9-31-20/h10-11,14H,4-9H2,1-3H3/t14-/m1/s1. The summed E-state index contributed by atoms with van der Waals surface area (Å²) in [6, 6.07) is 1.99. The molecule has 2 aliphatic rings. The van der Waals surface area contributed by atoms with Crippen molar-refractivity contribution in [2.75, 3.05) is 26.3 Å². The minimum atomic E-state index is -4.93. The van der Waals surface area contributed by atoms with Crippen molar-refractivity contribution in [1.29, 1.82) is 0 Å². The van der Waals surface area contributed by atoms with Gasteiger partial charge in [-0.25, -0.2) is 4.98 Å². The first-order valence-corrected chi connectivity index (χ1v) is 10.2. The maximum atomic E-state index is 13.5. The Morgan fingerprint density at radius 1 is 1.13 bits per heavy atom. The smallest absolute Gasteiger partial charge is 0.347 e. The molecule has 1 spiro atoms. The molecule has 1 aromatic heterocycles. The van der Waals surface area contributed by atoms with Crippen molar-refractivity contribution in [3.63, 3.8) is 0 Å². The van der Waals surface area contributed by atoms with Crippen molar-refractivity contribution in [3.05, 3.63) is 39.3 Å². The number of ether oxygens (including phenoxy) is 2. The molecule has 2 aromatic rings. The highest BCUT2D eigenvalue weighted by atomic mass is 19.4. The zero-order valence-electron chi connectivity index (χ0n) is 17.6. The lowest BCUT2D eigenvalue weighted by molar-refractivity contribution is -0.188. The molecule has 1 atom stereocenters. The molecule has 2 saturated heterocycles. The Kier molecular flexibility index (Phi) is 5.33. The highest BCUT2D eigenvalue weighted by Crippen LogP contribution is 2.33. The normalized spacial score (nSPS) is 19.9. The lowest BCUT2D eigenvalue weighted by Gasteiger charge is -2.38. The van der Waals surface area contributed by atoms with Gasteiger partial charge in [0.25, 0.3) is 5.56 Å². The molecule has 168 valence electrons. The van der Waals surface area contributed by atoms with Crippen LogP contribution in [0.15, 0.2) is 16.9 Å². The minimum Gasteiger partial charge on any atom is -0.347 e. The van der Waals surface area contributed by atoms with Gasteiger partial charge in [-0.2, -0.15) is 13.2 Å².